The first-order chi connectivity index (χ1) is 22.2. The number of halogens is 9. The van der Waals surface area contributed by atoms with Gasteiger partial charge in [0.1, 0.15) is 28.8 Å². The fourth-order valence-electron chi connectivity index (χ4n) is 4.88. The van der Waals surface area contributed by atoms with Gasteiger partial charge in [-0.15, -0.1) is 13.2 Å². The quantitative estimate of drug-likeness (QED) is 0.131. The van der Waals surface area contributed by atoms with E-state index in [0.29, 0.717) is 29.8 Å². The van der Waals surface area contributed by atoms with Gasteiger partial charge in [0.25, 0.3) is 0 Å². The van der Waals surface area contributed by atoms with Crippen LogP contribution in [0.2, 0.25) is 0 Å². The van der Waals surface area contributed by atoms with Gasteiger partial charge in [-0.25, -0.2) is 17.6 Å². The van der Waals surface area contributed by atoms with Crippen LogP contribution in [0.15, 0.2) is 84.9 Å². The van der Waals surface area contributed by atoms with Crippen molar-refractivity contribution in [3.63, 3.8) is 0 Å². The first-order valence-corrected chi connectivity index (χ1v) is 14.2. The third-order valence-electron chi connectivity index (χ3n) is 7.07. The molecule has 0 atom stereocenters. The SMILES string of the molecule is CCC=CC1COC(c2cc(F)c(C(F)(F)Oc3ccc(-c4ccc(-c5ccc(OC(F)(F)F)c(F)c5)c(F)c4)cc3)c(F)c2)OC1. The lowest BCUT2D eigenvalue weighted by atomic mass is 9.99. The van der Waals surface area contributed by atoms with E-state index in [1.165, 1.54) is 24.3 Å². The molecule has 1 heterocycles. The highest BCUT2D eigenvalue weighted by atomic mass is 19.4. The van der Waals surface area contributed by atoms with Gasteiger partial charge in [0.15, 0.2) is 17.9 Å². The van der Waals surface area contributed by atoms with Crippen LogP contribution in [-0.4, -0.2) is 19.6 Å². The average molecular weight is 669 g/mol. The van der Waals surface area contributed by atoms with E-state index in [1.807, 2.05) is 19.1 Å². The molecule has 0 aliphatic carbocycles. The third kappa shape index (κ3) is 8.09. The van der Waals surface area contributed by atoms with Crippen LogP contribution >= 0.6 is 0 Å². The van der Waals surface area contributed by atoms with Crippen molar-refractivity contribution in [2.75, 3.05) is 13.2 Å². The largest absolute Gasteiger partial charge is 0.573 e. The van der Waals surface area contributed by atoms with Crippen LogP contribution in [0, 0.1) is 29.2 Å². The molecular weight excluding hydrogens is 643 g/mol. The molecule has 13 heteroatoms. The molecule has 248 valence electrons. The summed E-state index contributed by atoms with van der Waals surface area (Å²) in [6.45, 7) is 2.39. The number of benzene rings is 4. The van der Waals surface area contributed by atoms with Gasteiger partial charge in [-0.3, -0.25) is 0 Å². The highest BCUT2D eigenvalue weighted by molar-refractivity contribution is 5.71. The van der Waals surface area contributed by atoms with Crippen LogP contribution in [0.3, 0.4) is 0 Å². The number of alkyl halides is 5. The van der Waals surface area contributed by atoms with Gasteiger partial charge in [-0.2, -0.15) is 8.78 Å². The van der Waals surface area contributed by atoms with E-state index in [-0.39, 0.29) is 41.4 Å². The lowest BCUT2D eigenvalue weighted by Crippen LogP contribution is -2.28. The molecule has 1 saturated heterocycles. The molecule has 0 amide bonds. The zero-order valence-electron chi connectivity index (χ0n) is 24.4. The molecule has 1 aliphatic heterocycles. The van der Waals surface area contributed by atoms with Crippen molar-refractivity contribution in [2.24, 2.45) is 5.92 Å². The summed E-state index contributed by atoms with van der Waals surface area (Å²) < 4.78 is 145. The highest BCUT2D eigenvalue weighted by Crippen LogP contribution is 2.38. The molecule has 47 heavy (non-hydrogen) atoms. The lowest BCUT2D eigenvalue weighted by Gasteiger charge is -2.28. The van der Waals surface area contributed by atoms with Crippen molar-refractivity contribution in [1.82, 2.24) is 0 Å². The molecule has 0 spiro atoms. The number of hydrogen-bond donors (Lipinski definition) is 0. The van der Waals surface area contributed by atoms with Crippen molar-refractivity contribution < 1.29 is 58.5 Å². The molecule has 0 saturated carbocycles. The van der Waals surface area contributed by atoms with Crippen molar-refractivity contribution in [2.45, 2.75) is 32.1 Å². The Morgan fingerprint density at radius 2 is 1.30 bits per heavy atom. The van der Waals surface area contributed by atoms with Crippen LogP contribution in [-0.2, 0) is 15.6 Å². The van der Waals surface area contributed by atoms with Crippen LogP contribution in [0.5, 0.6) is 11.5 Å². The highest BCUT2D eigenvalue weighted by Gasteiger charge is 2.42. The van der Waals surface area contributed by atoms with Crippen LogP contribution in [0.25, 0.3) is 22.3 Å². The van der Waals surface area contributed by atoms with Crippen molar-refractivity contribution in [3.05, 3.63) is 119 Å². The van der Waals surface area contributed by atoms with Crippen molar-refractivity contribution in [3.8, 4) is 33.8 Å². The molecule has 1 fully saturated rings. The Kier molecular flexibility index (Phi) is 9.87. The summed E-state index contributed by atoms with van der Waals surface area (Å²) in [5, 5.41) is 0. The molecule has 0 aromatic heterocycles. The Labute approximate surface area is 263 Å². The van der Waals surface area contributed by atoms with E-state index in [2.05, 4.69) is 9.47 Å². The van der Waals surface area contributed by atoms with E-state index in [4.69, 9.17) is 9.47 Å². The maximum atomic E-state index is 15.0. The fraction of sp³-hybridized carbons (Fsp3) is 0.235. The number of hydrogen-bond acceptors (Lipinski definition) is 4. The van der Waals surface area contributed by atoms with E-state index in [0.717, 1.165) is 30.7 Å². The first kappa shape index (κ1) is 33.9. The molecular formula is C34H25F9O4. The summed E-state index contributed by atoms with van der Waals surface area (Å²) in [5.41, 5.74) is -1.33. The van der Waals surface area contributed by atoms with Crippen molar-refractivity contribution >= 4 is 0 Å². The smallest absolute Gasteiger partial charge is 0.429 e. The summed E-state index contributed by atoms with van der Waals surface area (Å²) in [7, 11) is 0. The molecule has 4 aromatic rings. The maximum Gasteiger partial charge on any atom is 0.573 e. The minimum absolute atomic E-state index is 0.0511. The van der Waals surface area contributed by atoms with Gasteiger partial charge in [-0.05, 0) is 65.6 Å². The number of rotatable bonds is 9. The van der Waals surface area contributed by atoms with Gasteiger partial charge in [0.05, 0.1) is 13.2 Å². The average Bonchev–Trinajstić information content (AvgIpc) is 3.00. The second kappa shape index (κ2) is 13.7. The van der Waals surface area contributed by atoms with Crippen molar-refractivity contribution in [1.29, 1.82) is 0 Å². The zero-order valence-corrected chi connectivity index (χ0v) is 24.4. The Balaban J connectivity index is 1.27. The monoisotopic (exact) mass is 668 g/mol. The maximum absolute atomic E-state index is 15.0. The van der Waals surface area contributed by atoms with E-state index < -0.39 is 59.1 Å². The van der Waals surface area contributed by atoms with E-state index >= 15 is 8.78 Å². The van der Waals surface area contributed by atoms with E-state index in [9.17, 15) is 30.7 Å². The standard InChI is InChI=1S/C34H25F9O4/c1-2-3-4-19-17-44-32(45-18-19)23-15-28(37)31(29(38)16-23)33(39,40)46-24-9-5-20(6-10-24)21-7-11-25(26(35)13-21)22-8-12-30(27(36)14-22)47-34(41,42)43/h3-16,19,32H,2,17-18H2,1H3. The van der Waals surface area contributed by atoms with Gasteiger partial charge in [-0.1, -0.05) is 49.4 Å². The van der Waals surface area contributed by atoms with Crippen LogP contribution in [0.4, 0.5) is 39.5 Å². The third-order valence-corrected chi connectivity index (χ3v) is 7.07. The number of allylic oxidation sites excluding steroid dienone is 1. The molecule has 0 radical (unpaired) electrons. The Morgan fingerprint density at radius 1 is 0.702 bits per heavy atom. The van der Waals surface area contributed by atoms with Gasteiger partial charge >= 0.3 is 12.5 Å². The van der Waals surface area contributed by atoms with Gasteiger partial charge in [0.2, 0.25) is 0 Å². The molecule has 4 aromatic carbocycles. The van der Waals surface area contributed by atoms with Crippen LogP contribution in [0.1, 0.15) is 30.8 Å². The molecule has 0 N–H and O–H groups in total. The summed E-state index contributed by atoms with van der Waals surface area (Å²) in [6.07, 6.45) is -6.04. The Hall–Kier alpha value is -4.49. The summed E-state index contributed by atoms with van der Waals surface area (Å²) in [6, 6.07) is 12.3. The van der Waals surface area contributed by atoms with Crippen LogP contribution < -0.4 is 9.47 Å². The topological polar surface area (TPSA) is 36.9 Å². The zero-order chi connectivity index (χ0) is 33.9. The van der Waals surface area contributed by atoms with Gasteiger partial charge in [0, 0.05) is 17.0 Å². The van der Waals surface area contributed by atoms with Gasteiger partial charge < -0.3 is 18.9 Å². The molecule has 5 rings (SSSR count). The second-order valence-electron chi connectivity index (χ2n) is 10.5. The number of ether oxygens (including phenoxy) is 4. The minimum Gasteiger partial charge on any atom is -0.429 e. The second-order valence-corrected chi connectivity index (χ2v) is 10.5. The molecule has 1 aliphatic rings. The predicted octanol–water partition coefficient (Wildman–Crippen LogP) is 10.2. The normalized spacial score (nSPS) is 17.2. The molecule has 4 nitrogen and oxygen atoms in total. The predicted molar refractivity (Wildman–Crippen MR) is 152 cm³/mol. The summed E-state index contributed by atoms with van der Waals surface area (Å²) in [5.74, 6) is -6.94. The Bertz CT molecular complexity index is 1720. The molecule has 0 bridgehead atoms. The van der Waals surface area contributed by atoms with E-state index in [1.54, 1.807) is 0 Å². The fourth-order valence-corrected chi connectivity index (χ4v) is 4.88. The lowest BCUT2D eigenvalue weighted by molar-refractivity contribution is -0.275. The first-order valence-electron chi connectivity index (χ1n) is 14.2. The minimum atomic E-state index is -5.11. The summed E-state index contributed by atoms with van der Waals surface area (Å²) in [4.78, 5) is 0. The molecule has 0 unspecified atom stereocenters. The summed E-state index contributed by atoms with van der Waals surface area (Å²) >= 11 is 0. The Morgan fingerprint density at radius 3 is 1.87 bits per heavy atom.